The zero-order chi connectivity index (χ0) is 15.8. The topological polar surface area (TPSA) is 42.5 Å². The summed E-state index contributed by atoms with van der Waals surface area (Å²) in [4.78, 5) is 0. The smallest absolute Gasteiger partial charge is 0 e. The molecular formula is C17H22N2O2SSrTa. The minimum Gasteiger partial charge on any atom is 0 e. The number of thiocarbonyl (C=S) groups is 1. The normalized spacial score (nSPS) is 9.08. The Kier molecular flexibility index (Phi) is 13.2. The molecule has 0 saturated carbocycles. The molecule has 4 nitrogen and oxygen atoms in total. The summed E-state index contributed by atoms with van der Waals surface area (Å²) in [6.45, 7) is 5.24. The summed E-state index contributed by atoms with van der Waals surface area (Å²) in [5.74, 6) is 1.69. The van der Waals surface area contributed by atoms with Crippen LogP contribution in [0.1, 0.15) is 13.8 Å². The minimum atomic E-state index is 0. The van der Waals surface area contributed by atoms with E-state index >= 15 is 0 Å². The van der Waals surface area contributed by atoms with Gasteiger partial charge in [0.1, 0.15) is 11.5 Å². The van der Waals surface area contributed by atoms with E-state index in [-0.39, 0.29) is 67.9 Å². The van der Waals surface area contributed by atoms with Crippen molar-refractivity contribution >= 4 is 74.2 Å². The van der Waals surface area contributed by atoms with Crippen molar-refractivity contribution in [2.24, 2.45) is 0 Å². The van der Waals surface area contributed by atoms with Gasteiger partial charge in [-0.25, -0.2) is 0 Å². The number of benzene rings is 2. The molecule has 125 valence electrons. The largest absolute Gasteiger partial charge is 0 e. The van der Waals surface area contributed by atoms with Gasteiger partial charge in [0.15, 0.2) is 5.11 Å². The molecule has 0 unspecified atom stereocenters. The molecule has 0 amide bonds. The molecule has 0 atom stereocenters. The van der Waals surface area contributed by atoms with E-state index in [0.29, 0.717) is 18.3 Å². The molecule has 2 rings (SSSR count). The Bertz CT molecular complexity index is 555. The molecule has 0 heterocycles. The summed E-state index contributed by atoms with van der Waals surface area (Å²) in [6.07, 6.45) is 0. The van der Waals surface area contributed by atoms with Crippen molar-refractivity contribution in [1.82, 2.24) is 0 Å². The van der Waals surface area contributed by atoms with Crippen molar-refractivity contribution < 1.29 is 31.9 Å². The Morgan fingerprint density at radius 3 is 1.42 bits per heavy atom. The first-order valence-corrected chi connectivity index (χ1v) is 7.65. The molecule has 0 aliphatic carbocycles. The predicted molar refractivity (Wildman–Crippen MR) is 104 cm³/mol. The summed E-state index contributed by atoms with van der Waals surface area (Å²) in [5, 5.41) is 6.80. The van der Waals surface area contributed by atoms with Crippen LogP contribution in [0.2, 0.25) is 0 Å². The van der Waals surface area contributed by atoms with Gasteiger partial charge in [-0.2, -0.15) is 0 Å². The van der Waals surface area contributed by atoms with Crippen LogP contribution in [0.25, 0.3) is 0 Å². The van der Waals surface area contributed by atoms with Gasteiger partial charge in [0.2, 0.25) is 0 Å². The third-order valence-electron chi connectivity index (χ3n) is 2.85. The first kappa shape index (κ1) is 24.0. The Hall–Kier alpha value is -0.0492. The molecule has 0 spiro atoms. The first-order chi connectivity index (χ1) is 10.7. The van der Waals surface area contributed by atoms with E-state index in [1.807, 2.05) is 62.4 Å². The van der Waals surface area contributed by atoms with Crippen LogP contribution in [0.15, 0.2) is 48.5 Å². The fourth-order valence-electron chi connectivity index (χ4n) is 1.90. The van der Waals surface area contributed by atoms with E-state index < -0.39 is 0 Å². The van der Waals surface area contributed by atoms with Crippen LogP contribution >= 0.6 is 12.2 Å². The van der Waals surface area contributed by atoms with Crippen LogP contribution in [0.5, 0.6) is 11.5 Å². The standard InChI is InChI=1S/C17H20N2O2S.Sr.Ta.2H/c1-3-20-15-9-5-13(6-10-15)18-17(22)19-14-7-11-16(12-8-14)21-4-2;;;;/h5-12H,3-4H2,1-2H3,(H2,18,19,22);;;;. The summed E-state index contributed by atoms with van der Waals surface area (Å²) in [5.41, 5.74) is 1.82. The van der Waals surface area contributed by atoms with E-state index in [1.165, 1.54) is 0 Å². The Balaban J connectivity index is 0.00000264. The van der Waals surface area contributed by atoms with Gasteiger partial charge in [-0.3, -0.25) is 0 Å². The monoisotopic (exact) mass is 587 g/mol. The van der Waals surface area contributed by atoms with Crippen LogP contribution in [-0.2, 0) is 22.4 Å². The van der Waals surface area contributed by atoms with Gasteiger partial charge in [-0.1, -0.05) is 0 Å². The maximum absolute atomic E-state index is 5.40. The van der Waals surface area contributed by atoms with Crippen molar-refractivity contribution in [2.45, 2.75) is 13.8 Å². The van der Waals surface area contributed by atoms with Crippen molar-refractivity contribution in [3.63, 3.8) is 0 Å². The molecule has 2 aromatic rings. The van der Waals surface area contributed by atoms with Crippen molar-refractivity contribution in [1.29, 1.82) is 0 Å². The van der Waals surface area contributed by atoms with Crippen LogP contribution in [-0.4, -0.2) is 63.8 Å². The third-order valence-corrected chi connectivity index (χ3v) is 3.05. The summed E-state index contributed by atoms with van der Waals surface area (Å²) in [7, 11) is 0. The van der Waals surface area contributed by atoms with Gasteiger partial charge in [0.05, 0.1) is 13.2 Å². The van der Waals surface area contributed by atoms with E-state index in [4.69, 9.17) is 21.7 Å². The zero-order valence-electron chi connectivity index (χ0n) is 13.2. The average molecular weight is 587 g/mol. The Morgan fingerprint density at radius 2 is 1.12 bits per heavy atom. The van der Waals surface area contributed by atoms with Gasteiger partial charge in [-0.05, 0) is 74.6 Å². The van der Waals surface area contributed by atoms with E-state index in [1.54, 1.807) is 0 Å². The third kappa shape index (κ3) is 8.36. The summed E-state index contributed by atoms with van der Waals surface area (Å²) < 4.78 is 10.8. The first-order valence-electron chi connectivity index (χ1n) is 7.25. The molecule has 0 aromatic heterocycles. The van der Waals surface area contributed by atoms with Gasteiger partial charge in [0, 0.05) is 33.8 Å². The molecule has 0 fully saturated rings. The molecule has 0 saturated heterocycles. The number of hydrogen-bond donors (Lipinski definition) is 2. The molecule has 7 heteroatoms. The molecular weight excluding hydrogens is 565 g/mol. The Labute approximate surface area is 201 Å². The quantitative estimate of drug-likeness (QED) is 0.402. The van der Waals surface area contributed by atoms with E-state index in [2.05, 4.69) is 10.6 Å². The number of ether oxygens (including phenoxy) is 2. The molecule has 24 heavy (non-hydrogen) atoms. The van der Waals surface area contributed by atoms with Gasteiger partial charge < -0.3 is 20.1 Å². The number of nitrogens with one attached hydrogen (secondary N) is 2. The van der Waals surface area contributed by atoms with Gasteiger partial charge in [0.25, 0.3) is 0 Å². The van der Waals surface area contributed by atoms with Crippen LogP contribution in [0.3, 0.4) is 0 Å². The molecule has 0 aliphatic rings. The molecule has 2 N–H and O–H groups in total. The molecule has 0 aliphatic heterocycles. The van der Waals surface area contributed by atoms with Crippen molar-refractivity contribution in [2.75, 3.05) is 23.8 Å². The summed E-state index contributed by atoms with van der Waals surface area (Å²) in [6, 6.07) is 15.3. The fourth-order valence-corrected chi connectivity index (χ4v) is 2.13. The van der Waals surface area contributed by atoms with Gasteiger partial charge in [-0.15, -0.1) is 0 Å². The zero-order valence-corrected chi connectivity index (χ0v) is 17.2. The predicted octanol–water partition coefficient (Wildman–Crippen LogP) is 3.37. The number of hydrogen-bond acceptors (Lipinski definition) is 3. The van der Waals surface area contributed by atoms with Crippen LogP contribution in [0.4, 0.5) is 11.4 Å². The fraction of sp³-hybridized carbons (Fsp3) is 0.235. The molecule has 2 aromatic carbocycles. The minimum absolute atomic E-state index is 0. The Morgan fingerprint density at radius 1 is 0.792 bits per heavy atom. The maximum atomic E-state index is 5.40. The second-order valence-electron chi connectivity index (χ2n) is 4.49. The van der Waals surface area contributed by atoms with Crippen molar-refractivity contribution in [3.8, 4) is 11.5 Å². The van der Waals surface area contributed by atoms with E-state index in [0.717, 1.165) is 22.9 Å². The van der Waals surface area contributed by atoms with Crippen LogP contribution in [0, 0.1) is 0 Å². The van der Waals surface area contributed by atoms with Crippen molar-refractivity contribution in [3.05, 3.63) is 48.5 Å². The summed E-state index contributed by atoms with van der Waals surface area (Å²) >= 11 is 5.30. The second-order valence-corrected chi connectivity index (χ2v) is 4.90. The average Bonchev–Trinajstić information content (AvgIpc) is 2.52. The van der Waals surface area contributed by atoms with E-state index in [9.17, 15) is 0 Å². The van der Waals surface area contributed by atoms with Gasteiger partial charge >= 0.3 is 45.5 Å². The number of anilines is 2. The molecule has 1 radical (unpaired) electrons. The second kappa shape index (κ2) is 13.2. The van der Waals surface area contributed by atoms with Crippen LogP contribution < -0.4 is 20.1 Å². The number of rotatable bonds is 6. The SMILES string of the molecule is CCOc1ccc(NC(=S)Nc2ccc(OCC)cc2)cc1.[SrH2].[Ta]. The molecule has 0 bridgehead atoms. The maximum Gasteiger partial charge on any atom is 0 e.